The summed E-state index contributed by atoms with van der Waals surface area (Å²) in [6.07, 6.45) is 0. The minimum absolute atomic E-state index is 0.0836. The van der Waals surface area contributed by atoms with Crippen molar-refractivity contribution < 1.29 is 9.90 Å². The Labute approximate surface area is 96.6 Å². The molecule has 1 rings (SSSR count). The number of benzene rings is 1. The fraction of sp³-hybridized carbons (Fsp3) is 0.357. The number of rotatable bonds is 2. The predicted octanol–water partition coefficient (Wildman–Crippen LogP) is 3.39. The molecule has 0 amide bonds. The molecule has 0 bridgehead atoms. The van der Waals surface area contributed by atoms with Gasteiger partial charge >= 0.3 is 5.97 Å². The van der Waals surface area contributed by atoms with E-state index in [1.54, 1.807) is 0 Å². The van der Waals surface area contributed by atoms with E-state index < -0.39 is 5.97 Å². The van der Waals surface area contributed by atoms with E-state index in [1.165, 1.54) is 0 Å². The maximum absolute atomic E-state index is 11.0. The van der Waals surface area contributed by atoms with Crippen LogP contribution in [0.25, 0.3) is 5.57 Å². The number of hydrogen-bond acceptors (Lipinski definition) is 1. The average molecular weight is 218 g/mol. The number of carbonyl (C=O) groups is 1. The highest BCUT2D eigenvalue weighted by Gasteiger charge is 2.21. The van der Waals surface area contributed by atoms with Crippen molar-refractivity contribution in [3.63, 3.8) is 0 Å². The first-order chi connectivity index (χ1) is 7.23. The minimum atomic E-state index is -0.964. The van der Waals surface area contributed by atoms with Gasteiger partial charge in [-0.25, -0.2) is 4.79 Å². The van der Waals surface area contributed by atoms with Gasteiger partial charge in [0.15, 0.2) is 0 Å². The second-order valence-electron chi connectivity index (χ2n) is 5.08. The molecule has 0 fully saturated rings. The summed E-state index contributed by atoms with van der Waals surface area (Å²) >= 11 is 0. The van der Waals surface area contributed by atoms with Crippen LogP contribution in [-0.4, -0.2) is 11.1 Å². The molecule has 1 N–H and O–H groups in total. The smallest absolute Gasteiger partial charge is 0.335 e. The van der Waals surface area contributed by atoms with E-state index in [9.17, 15) is 4.79 Å². The van der Waals surface area contributed by atoms with Crippen molar-refractivity contribution in [3.05, 3.63) is 41.5 Å². The summed E-state index contributed by atoms with van der Waals surface area (Å²) in [5, 5.41) is 9.00. The molecule has 0 aliphatic heterocycles. The Morgan fingerprint density at radius 2 is 1.88 bits per heavy atom. The van der Waals surface area contributed by atoms with Gasteiger partial charge in [0, 0.05) is 0 Å². The topological polar surface area (TPSA) is 37.3 Å². The maximum atomic E-state index is 11.0. The van der Waals surface area contributed by atoms with Crippen molar-refractivity contribution in [2.24, 2.45) is 0 Å². The Hall–Kier alpha value is -1.57. The molecule has 0 atom stereocenters. The number of aryl methyl sites for hydroxylation is 1. The molecular weight excluding hydrogens is 200 g/mol. The summed E-state index contributed by atoms with van der Waals surface area (Å²) in [5.41, 5.74) is 2.96. The molecule has 2 heteroatoms. The minimum Gasteiger partial charge on any atom is -0.478 e. The summed E-state index contributed by atoms with van der Waals surface area (Å²) < 4.78 is 0. The van der Waals surface area contributed by atoms with E-state index in [2.05, 4.69) is 27.4 Å². The summed E-state index contributed by atoms with van der Waals surface area (Å²) in [7, 11) is 0. The SMILES string of the molecule is C=C(C(=O)O)c1ccc(C)cc1C(C)(C)C. The van der Waals surface area contributed by atoms with E-state index in [1.807, 2.05) is 25.1 Å². The zero-order valence-electron chi connectivity index (χ0n) is 10.3. The van der Waals surface area contributed by atoms with Crippen LogP contribution < -0.4 is 0 Å². The molecule has 1 aromatic carbocycles. The van der Waals surface area contributed by atoms with Crippen LogP contribution in [-0.2, 0) is 10.2 Å². The molecule has 0 saturated heterocycles. The van der Waals surface area contributed by atoms with Gasteiger partial charge in [-0.05, 0) is 23.5 Å². The van der Waals surface area contributed by atoms with Gasteiger partial charge in [-0.2, -0.15) is 0 Å². The first-order valence-corrected chi connectivity index (χ1v) is 5.27. The molecule has 2 nitrogen and oxygen atoms in total. The van der Waals surface area contributed by atoms with E-state index >= 15 is 0 Å². The first-order valence-electron chi connectivity index (χ1n) is 5.27. The third kappa shape index (κ3) is 2.51. The molecule has 0 aliphatic carbocycles. The molecule has 0 unspecified atom stereocenters. The van der Waals surface area contributed by atoms with Gasteiger partial charge in [-0.15, -0.1) is 0 Å². The molecular formula is C14H18O2. The molecule has 0 saturated carbocycles. The summed E-state index contributed by atoms with van der Waals surface area (Å²) in [6, 6.07) is 5.79. The van der Waals surface area contributed by atoms with E-state index in [0.717, 1.165) is 16.7 Å². The Morgan fingerprint density at radius 1 is 1.31 bits per heavy atom. The molecule has 0 heterocycles. The van der Waals surface area contributed by atoms with E-state index in [0.29, 0.717) is 0 Å². The second kappa shape index (κ2) is 4.12. The molecule has 1 aromatic rings. The normalized spacial score (nSPS) is 11.2. The lowest BCUT2D eigenvalue weighted by Gasteiger charge is -2.23. The highest BCUT2D eigenvalue weighted by molar-refractivity contribution is 6.15. The van der Waals surface area contributed by atoms with Crippen LogP contribution in [0.1, 0.15) is 37.5 Å². The fourth-order valence-electron chi connectivity index (χ4n) is 1.66. The van der Waals surface area contributed by atoms with Crippen molar-refractivity contribution in [1.29, 1.82) is 0 Å². The van der Waals surface area contributed by atoms with Crippen LogP contribution in [0.4, 0.5) is 0 Å². The second-order valence-corrected chi connectivity index (χ2v) is 5.08. The summed E-state index contributed by atoms with van der Waals surface area (Å²) in [4.78, 5) is 11.0. The third-order valence-corrected chi connectivity index (χ3v) is 2.57. The maximum Gasteiger partial charge on any atom is 0.335 e. The molecule has 0 radical (unpaired) electrons. The molecule has 86 valence electrons. The lowest BCUT2D eigenvalue weighted by atomic mass is 9.81. The van der Waals surface area contributed by atoms with Gasteiger partial charge in [0.1, 0.15) is 0 Å². The standard InChI is InChI=1S/C14H18O2/c1-9-6-7-11(10(2)13(15)16)12(8-9)14(3,4)5/h6-8H,2H2,1,3-5H3,(H,15,16). The van der Waals surface area contributed by atoms with Crippen molar-refractivity contribution in [2.75, 3.05) is 0 Å². The van der Waals surface area contributed by atoms with Crippen molar-refractivity contribution in [3.8, 4) is 0 Å². The lowest BCUT2D eigenvalue weighted by molar-refractivity contribution is -0.130. The van der Waals surface area contributed by atoms with Gasteiger partial charge in [0.25, 0.3) is 0 Å². The van der Waals surface area contributed by atoms with Gasteiger partial charge in [0.2, 0.25) is 0 Å². The van der Waals surface area contributed by atoms with Crippen LogP contribution >= 0.6 is 0 Å². The molecule has 0 spiro atoms. The number of carboxylic acid groups (broad SMARTS) is 1. The van der Waals surface area contributed by atoms with Crippen LogP contribution in [0.3, 0.4) is 0 Å². The molecule has 16 heavy (non-hydrogen) atoms. The van der Waals surface area contributed by atoms with E-state index in [-0.39, 0.29) is 11.0 Å². The molecule has 0 aliphatic rings. The van der Waals surface area contributed by atoms with Crippen molar-refractivity contribution in [2.45, 2.75) is 33.1 Å². The van der Waals surface area contributed by atoms with Crippen molar-refractivity contribution >= 4 is 11.5 Å². The zero-order valence-corrected chi connectivity index (χ0v) is 10.3. The van der Waals surface area contributed by atoms with Gasteiger partial charge in [-0.3, -0.25) is 0 Å². The van der Waals surface area contributed by atoms with Crippen LogP contribution in [0.2, 0.25) is 0 Å². The largest absolute Gasteiger partial charge is 0.478 e. The van der Waals surface area contributed by atoms with Gasteiger partial charge in [-0.1, -0.05) is 51.1 Å². The predicted molar refractivity (Wildman–Crippen MR) is 66.5 cm³/mol. The fourth-order valence-corrected chi connectivity index (χ4v) is 1.66. The lowest BCUT2D eigenvalue weighted by Crippen LogP contribution is -2.15. The zero-order chi connectivity index (χ0) is 12.5. The summed E-state index contributed by atoms with van der Waals surface area (Å²) in [5.74, 6) is -0.964. The van der Waals surface area contributed by atoms with E-state index in [4.69, 9.17) is 5.11 Å². The monoisotopic (exact) mass is 218 g/mol. The Bertz CT molecular complexity index is 437. The Kier molecular flexibility index (Phi) is 3.22. The Balaban J connectivity index is 3.40. The third-order valence-electron chi connectivity index (χ3n) is 2.57. The molecule has 0 aromatic heterocycles. The highest BCUT2D eigenvalue weighted by Crippen LogP contribution is 2.30. The number of hydrogen-bond donors (Lipinski definition) is 1. The highest BCUT2D eigenvalue weighted by atomic mass is 16.4. The summed E-state index contributed by atoms with van der Waals surface area (Å²) in [6.45, 7) is 11.8. The number of aliphatic carboxylic acids is 1. The van der Waals surface area contributed by atoms with Crippen LogP contribution in [0.15, 0.2) is 24.8 Å². The van der Waals surface area contributed by atoms with Gasteiger partial charge < -0.3 is 5.11 Å². The van der Waals surface area contributed by atoms with Crippen LogP contribution in [0.5, 0.6) is 0 Å². The van der Waals surface area contributed by atoms with Crippen LogP contribution in [0, 0.1) is 6.92 Å². The quantitative estimate of drug-likeness (QED) is 0.772. The average Bonchev–Trinajstić information content (AvgIpc) is 2.15. The van der Waals surface area contributed by atoms with Crippen molar-refractivity contribution in [1.82, 2.24) is 0 Å². The Morgan fingerprint density at radius 3 is 2.31 bits per heavy atom. The van der Waals surface area contributed by atoms with Gasteiger partial charge in [0.05, 0.1) is 5.57 Å². The first kappa shape index (κ1) is 12.5. The number of carboxylic acids is 1.